The molecule has 2 aromatic rings. The standard InChI is InChI=1S/C16H14ClNO3/c1-10-6-7-11(2)12(8-10)9-15(19)16-13(17)4-3-5-14(16)18(20)21/h3-8H,9H2,1-2H3. The highest BCUT2D eigenvalue weighted by atomic mass is 35.5. The molecule has 0 aliphatic carbocycles. The Morgan fingerprint density at radius 3 is 2.62 bits per heavy atom. The van der Waals surface area contributed by atoms with E-state index in [-0.39, 0.29) is 28.5 Å². The maximum absolute atomic E-state index is 12.4. The van der Waals surface area contributed by atoms with Gasteiger partial charge in [0.15, 0.2) is 5.78 Å². The molecule has 0 N–H and O–H groups in total. The van der Waals surface area contributed by atoms with E-state index >= 15 is 0 Å². The zero-order chi connectivity index (χ0) is 15.6. The number of nitro groups is 1. The number of carbonyl (C=O) groups excluding carboxylic acids is 1. The average Bonchev–Trinajstić information content (AvgIpc) is 2.42. The van der Waals surface area contributed by atoms with Crippen molar-refractivity contribution in [2.45, 2.75) is 20.3 Å². The lowest BCUT2D eigenvalue weighted by atomic mass is 9.97. The van der Waals surface area contributed by atoms with E-state index < -0.39 is 4.92 Å². The van der Waals surface area contributed by atoms with Crippen LogP contribution in [0.5, 0.6) is 0 Å². The van der Waals surface area contributed by atoms with E-state index in [9.17, 15) is 14.9 Å². The summed E-state index contributed by atoms with van der Waals surface area (Å²) in [6.45, 7) is 3.84. The van der Waals surface area contributed by atoms with Crippen LogP contribution in [0.25, 0.3) is 0 Å². The molecule has 0 atom stereocenters. The number of benzene rings is 2. The minimum Gasteiger partial charge on any atom is -0.293 e. The highest BCUT2D eigenvalue weighted by molar-refractivity contribution is 6.34. The van der Waals surface area contributed by atoms with Crippen molar-refractivity contribution in [3.63, 3.8) is 0 Å². The van der Waals surface area contributed by atoms with Gasteiger partial charge in [-0.3, -0.25) is 14.9 Å². The van der Waals surface area contributed by atoms with Gasteiger partial charge in [0.25, 0.3) is 5.69 Å². The lowest BCUT2D eigenvalue weighted by Gasteiger charge is -2.08. The topological polar surface area (TPSA) is 60.2 Å². The van der Waals surface area contributed by atoms with Gasteiger partial charge in [0.1, 0.15) is 5.56 Å². The van der Waals surface area contributed by atoms with Gasteiger partial charge in [-0.15, -0.1) is 0 Å². The number of Topliss-reactive ketones (excluding diaryl/α,β-unsaturated/α-hetero) is 1. The molecular weight excluding hydrogens is 290 g/mol. The molecule has 21 heavy (non-hydrogen) atoms. The first-order chi connectivity index (χ1) is 9.90. The van der Waals surface area contributed by atoms with Gasteiger partial charge >= 0.3 is 0 Å². The fraction of sp³-hybridized carbons (Fsp3) is 0.188. The summed E-state index contributed by atoms with van der Waals surface area (Å²) in [6.07, 6.45) is 0.0953. The second kappa shape index (κ2) is 6.06. The number of nitro benzene ring substituents is 1. The van der Waals surface area contributed by atoms with Gasteiger partial charge in [-0.05, 0) is 31.0 Å². The molecule has 0 amide bonds. The first-order valence-electron chi connectivity index (χ1n) is 6.42. The third-order valence-corrected chi connectivity index (χ3v) is 3.64. The Morgan fingerprint density at radius 2 is 1.95 bits per heavy atom. The van der Waals surface area contributed by atoms with Crippen molar-refractivity contribution in [1.82, 2.24) is 0 Å². The highest BCUT2D eigenvalue weighted by Crippen LogP contribution is 2.28. The van der Waals surface area contributed by atoms with E-state index in [1.165, 1.54) is 18.2 Å². The summed E-state index contributed by atoms with van der Waals surface area (Å²) >= 11 is 5.98. The number of aryl methyl sites for hydroxylation is 2. The predicted molar refractivity (Wildman–Crippen MR) is 82.1 cm³/mol. The quantitative estimate of drug-likeness (QED) is 0.481. The average molecular weight is 304 g/mol. The van der Waals surface area contributed by atoms with Crippen LogP contribution in [0.15, 0.2) is 36.4 Å². The van der Waals surface area contributed by atoms with Crippen molar-refractivity contribution in [2.24, 2.45) is 0 Å². The number of nitrogens with zero attached hydrogens (tertiary/aromatic N) is 1. The van der Waals surface area contributed by atoms with Crippen molar-refractivity contribution in [3.05, 3.63) is 73.8 Å². The molecule has 0 heterocycles. The fourth-order valence-electron chi connectivity index (χ4n) is 2.19. The number of halogens is 1. The molecule has 2 aromatic carbocycles. The summed E-state index contributed by atoms with van der Waals surface area (Å²) < 4.78 is 0. The Bertz CT molecular complexity index is 725. The monoisotopic (exact) mass is 303 g/mol. The number of carbonyl (C=O) groups is 1. The Morgan fingerprint density at radius 1 is 1.24 bits per heavy atom. The smallest absolute Gasteiger partial charge is 0.281 e. The van der Waals surface area contributed by atoms with Gasteiger partial charge in [0, 0.05) is 12.5 Å². The molecule has 108 valence electrons. The van der Waals surface area contributed by atoms with Crippen molar-refractivity contribution in [1.29, 1.82) is 0 Å². The first kappa shape index (κ1) is 15.2. The van der Waals surface area contributed by atoms with Crippen molar-refractivity contribution >= 4 is 23.1 Å². The Balaban J connectivity index is 2.42. The normalized spacial score (nSPS) is 10.4. The molecule has 0 aliphatic heterocycles. The summed E-state index contributed by atoms with van der Waals surface area (Å²) in [5.41, 5.74) is 2.60. The highest BCUT2D eigenvalue weighted by Gasteiger charge is 2.23. The SMILES string of the molecule is Cc1ccc(C)c(CC(=O)c2c(Cl)cccc2[N+](=O)[O-])c1. The van der Waals surface area contributed by atoms with Crippen LogP contribution in [0.4, 0.5) is 5.69 Å². The van der Waals surface area contributed by atoms with Gasteiger partial charge < -0.3 is 0 Å². The van der Waals surface area contributed by atoms with Gasteiger partial charge in [-0.1, -0.05) is 41.4 Å². The Kier molecular flexibility index (Phi) is 4.38. The molecule has 2 rings (SSSR count). The van der Waals surface area contributed by atoms with Crippen LogP contribution in [0.1, 0.15) is 27.0 Å². The lowest BCUT2D eigenvalue weighted by molar-refractivity contribution is -0.385. The van der Waals surface area contributed by atoms with Crippen molar-refractivity contribution in [2.75, 3.05) is 0 Å². The summed E-state index contributed by atoms with van der Waals surface area (Å²) in [6, 6.07) is 10.1. The minimum atomic E-state index is -0.581. The summed E-state index contributed by atoms with van der Waals surface area (Å²) in [4.78, 5) is 22.9. The van der Waals surface area contributed by atoms with E-state index in [0.29, 0.717) is 0 Å². The van der Waals surface area contributed by atoms with Gasteiger partial charge in [-0.2, -0.15) is 0 Å². The number of hydrogen-bond donors (Lipinski definition) is 0. The first-order valence-corrected chi connectivity index (χ1v) is 6.80. The number of hydrogen-bond acceptors (Lipinski definition) is 3. The second-order valence-corrected chi connectivity index (χ2v) is 5.33. The molecule has 5 heteroatoms. The third kappa shape index (κ3) is 3.28. The molecule has 0 unspecified atom stereocenters. The van der Waals surface area contributed by atoms with Crippen molar-refractivity contribution in [3.8, 4) is 0 Å². The van der Waals surface area contributed by atoms with Crippen LogP contribution >= 0.6 is 11.6 Å². The predicted octanol–water partition coefficient (Wildman–Crippen LogP) is 4.29. The van der Waals surface area contributed by atoms with Gasteiger partial charge in [0.2, 0.25) is 0 Å². The van der Waals surface area contributed by atoms with E-state index in [1.807, 2.05) is 32.0 Å². The Hall–Kier alpha value is -2.20. The molecule has 0 spiro atoms. The molecule has 0 saturated carbocycles. The molecule has 0 saturated heterocycles. The molecule has 4 nitrogen and oxygen atoms in total. The zero-order valence-corrected chi connectivity index (χ0v) is 12.5. The second-order valence-electron chi connectivity index (χ2n) is 4.92. The molecule has 0 bridgehead atoms. The van der Waals surface area contributed by atoms with E-state index in [1.54, 1.807) is 0 Å². The largest absolute Gasteiger partial charge is 0.293 e. The molecular formula is C16H14ClNO3. The fourth-order valence-corrected chi connectivity index (χ4v) is 2.47. The van der Waals surface area contributed by atoms with Gasteiger partial charge in [-0.25, -0.2) is 0 Å². The summed E-state index contributed by atoms with van der Waals surface area (Å²) in [5.74, 6) is -0.346. The van der Waals surface area contributed by atoms with Gasteiger partial charge in [0.05, 0.1) is 9.95 Å². The minimum absolute atomic E-state index is 0.0231. The molecule has 0 fully saturated rings. The molecule has 0 aromatic heterocycles. The van der Waals surface area contributed by atoms with Crippen LogP contribution in [0.2, 0.25) is 5.02 Å². The van der Waals surface area contributed by atoms with Crippen LogP contribution < -0.4 is 0 Å². The van der Waals surface area contributed by atoms with E-state index in [4.69, 9.17) is 11.6 Å². The van der Waals surface area contributed by atoms with Crippen molar-refractivity contribution < 1.29 is 9.72 Å². The third-order valence-electron chi connectivity index (χ3n) is 3.32. The summed E-state index contributed by atoms with van der Waals surface area (Å²) in [7, 11) is 0. The molecule has 0 radical (unpaired) electrons. The van der Waals surface area contributed by atoms with Crippen LogP contribution in [0.3, 0.4) is 0 Å². The summed E-state index contributed by atoms with van der Waals surface area (Å²) in [5, 5.41) is 11.2. The van der Waals surface area contributed by atoms with Crippen LogP contribution in [-0.4, -0.2) is 10.7 Å². The maximum Gasteiger partial charge on any atom is 0.281 e. The Labute approximate surface area is 127 Å². The number of ketones is 1. The maximum atomic E-state index is 12.4. The number of rotatable bonds is 4. The van der Waals surface area contributed by atoms with Crippen LogP contribution in [0, 0.1) is 24.0 Å². The molecule has 0 aliphatic rings. The van der Waals surface area contributed by atoms with Crippen LogP contribution in [-0.2, 0) is 6.42 Å². The van der Waals surface area contributed by atoms with E-state index in [2.05, 4.69) is 0 Å². The van der Waals surface area contributed by atoms with E-state index in [0.717, 1.165) is 16.7 Å². The lowest BCUT2D eigenvalue weighted by Crippen LogP contribution is -2.09. The zero-order valence-electron chi connectivity index (χ0n) is 11.7.